The topological polar surface area (TPSA) is 62.3 Å². The Morgan fingerprint density at radius 3 is 2.64 bits per heavy atom. The number of hydrogen-bond acceptors (Lipinski definition) is 3. The van der Waals surface area contributed by atoms with Gasteiger partial charge in [0.15, 0.2) is 0 Å². The zero-order chi connectivity index (χ0) is 10.6. The van der Waals surface area contributed by atoms with Gasteiger partial charge in [-0.1, -0.05) is 6.92 Å². The molecule has 1 aliphatic carbocycles. The van der Waals surface area contributed by atoms with Crippen molar-refractivity contribution in [2.75, 3.05) is 20.3 Å². The predicted octanol–water partition coefficient (Wildman–Crippen LogP) is 0.812. The van der Waals surface area contributed by atoms with E-state index in [4.69, 9.17) is 15.9 Å². The Hall–Kier alpha value is -0.610. The van der Waals surface area contributed by atoms with Gasteiger partial charge < -0.3 is 10.5 Å². The van der Waals surface area contributed by atoms with Crippen LogP contribution in [0.2, 0.25) is 0 Å². The highest BCUT2D eigenvalue weighted by molar-refractivity contribution is 5.82. The maximum absolute atomic E-state index is 7.53. The molecule has 82 valence electrons. The van der Waals surface area contributed by atoms with Crippen molar-refractivity contribution in [3.05, 3.63) is 0 Å². The van der Waals surface area contributed by atoms with Gasteiger partial charge in [-0.3, -0.25) is 10.3 Å². The summed E-state index contributed by atoms with van der Waals surface area (Å²) in [7, 11) is 1.71. The molecule has 3 N–H and O–H groups in total. The Kier molecular flexibility index (Phi) is 4.35. The van der Waals surface area contributed by atoms with E-state index in [-0.39, 0.29) is 11.9 Å². The van der Waals surface area contributed by atoms with E-state index in [0.717, 1.165) is 19.6 Å². The summed E-state index contributed by atoms with van der Waals surface area (Å²) >= 11 is 0. The normalized spacial score (nSPS) is 18.5. The number of amidine groups is 1. The first-order valence-corrected chi connectivity index (χ1v) is 5.29. The zero-order valence-electron chi connectivity index (χ0n) is 9.12. The van der Waals surface area contributed by atoms with Gasteiger partial charge >= 0.3 is 0 Å². The maximum atomic E-state index is 7.53. The number of ether oxygens (including phenoxy) is 1. The van der Waals surface area contributed by atoms with Crippen LogP contribution in [0.5, 0.6) is 0 Å². The summed E-state index contributed by atoms with van der Waals surface area (Å²) in [6.07, 6.45) is 3.40. The summed E-state index contributed by atoms with van der Waals surface area (Å²) in [5, 5.41) is 7.53. The number of nitrogens with two attached hydrogens (primary N) is 1. The Labute approximate surface area is 85.9 Å². The minimum atomic E-state index is 0.109. The Morgan fingerprint density at radius 2 is 2.29 bits per heavy atom. The third-order valence-electron chi connectivity index (χ3n) is 2.72. The van der Waals surface area contributed by atoms with Gasteiger partial charge in [-0.15, -0.1) is 0 Å². The van der Waals surface area contributed by atoms with Crippen molar-refractivity contribution in [1.29, 1.82) is 5.41 Å². The predicted molar refractivity (Wildman–Crippen MR) is 57.6 cm³/mol. The van der Waals surface area contributed by atoms with Gasteiger partial charge in [0.25, 0.3) is 0 Å². The molecule has 1 unspecified atom stereocenters. The lowest BCUT2D eigenvalue weighted by Gasteiger charge is -2.29. The summed E-state index contributed by atoms with van der Waals surface area (Å²) in [5.41, 5.74) is 5.59. The molecule has 0 bridgehead atoms. The second kappa shape index (κ2) is 5.32. The average Bonchev–Trinajstić information content (AvgIpc) is 2.94. The van der Waals surface area contributed by atoms with Crippen molar-refractivity contribution in [2.24, 2.45) is 5.73 Å². The maximum Gasteiger partial charge on any atom is 0.108 e. The lowest BCUT2D eigenvalue weighted by atomic mass is 10.1. The van der Waals surface area contributed by atoms with Gasteiger partial charge in [0, 0.05) is 19.7 Å². The van der Waals surface area contributed by atoms with Gasteiger partial charge in [-0.2, -0.15) is 0 Å². The lowest BCUT2D eigenvalue weighted by molar-refractivity contribution is 0.130. The van der Waals surface area contributed by atoms with Crippen molar-refractivity contribution in [3.63, 3.8) is 0 Å². The lowest BCUT2D eigenvalue weighted by Crippen LogP contribution is -2.46. The van der Waals surface area contributed by atoms with Crippen LogP contribution in [-0.4, -0.2) is 43.1 Å². The van der Waals surface area contributed by atoms with Crippen molar-refractivity contribution in [2.45, 2.75) is 38.3 Å². The minimum absolute atomic E-state index is 0.109. The Balaban J connectivity index is 2.50. The Bertz CT molecular complexity index is 192. The first-order chi connectivity index (χ1) is 6.70. The molecule has 1 atom stereocenters. The summed E-state index contributed by atoms with van der Waals surface area (Å²) < 4.78 is 5.07. The molecular weight excluding hydrogens is 178 g/mol. The summed E-state index contributed by atoms with van der Waals surface area (Å²) in [6, 6.07) is 0.747. The van der Waals surface area contributed by atoms with Gasteiger partial charge in [0.1, 0.15) is 5.84 Å². The number of nitrogens with one attached hydrogen (secondary N) is 1. The zero-order valence-corrected chi connectivity index (χ0v) is 9.12. The SMILES string of the molecule is CCC(C(=N)N)N(CCOC)C1CC1. The van der Waals surface area contributed by atoms with Gasteiger partial charge in [-0.25, -0.2) is 0 Å². The minimum Gasteiger partial charge on any atom is -0.386 e. The van der Waals surface area contributed by atoms with Gasteiger partial charge in [0.2, 0.25) is 0 Å². The van der Waals surface area contributed by atoms with Crippen LogP contribution in [0, 0.1) is 5.41 Å². The third-order valence-corrected chi connectivity index (χ3v) is 2.72. The molecule has 1 saturated carbocycles. The molecule has 0 radical (unpaired) electrons. The van der Waals surface area contributed by atoms with Crippen molar-refractivity contribution in [1.82, 2.24) is 4.90 Å². The molecule has 0 saturated heterocycles. The van der Waals surface area contributed by atoms with E-state index in [1.165, 1.54) is 12.8 Å². The third kappa shape index (κ3) is 2.96. The number of methoxy groups -OCH3 is 1. The fourth-order valence-electron chi connectivity index (χ4n) is 1.83. The molecule has 0 aromatic carbocycles. The summed E-state index contributed by atoms with van der Waals surface area (Å²) in [4.78, 5) is 2.31. The fourth-order valence-corrected chi connectivity index (χ4v) is 1.83. The number of nitrogens with zero attached hydrogens (tertiary/aromatic N) is 1. The van der Waals surface area contributed by atoms with Crippen LogP contribution in [0.15, 0.2) is 0 Å². The van der Waals surface area contributed by atoms with Crippen LogP contribution in [0.25, 0.3) is 0 Å². The monoisotopic (exact) mass is 199 g/mol. The molecule has 0 heterocycles. The van der Waals surface area contributed by atoms with Crippen LogP contribution in [0.1, 0.15) is 26.2 Å². The van der Waals surface area contributed by atoms with Crippen LogP contribution < -0.4 is 5.73 Å². The van der Waals surface area contributed by atoms with Crippen LogP contribution in [0.4, 0.5) is 0 Å². The molecule has 4 nitrogen and oxygen atoms in total. The fraction of sp³-hybridized carbons (Fsp3) is 0.900. The smallest absolute Gasteiger partial charge is 0.108 e. The van der Waals surface area contributed by atoms with E-state index in [9.17, 15) is 0 Å². The Morgan fingerprint density at radius 1 is 1.64 bits per heavy atom. The second-order valence-electron chi connectivity index (χ2n) is 3.84. The second-order valence-corrected chi connectivity index (χ2v) is 3.84. The first-order valence-electron chi connectivity index (χ1n) is 5.29. The molecule has 1 aliphatic rings. The molecule has 0 aromatic heterocycles. The highest BCUT2D eigenvalue weighted by Crippen LogP contribution is 2.29. The van der Waals surface area contributed by atoms with E-state index in [1.807, 2.05) is 0 Å². The average molecular weight is 199 g/mol. The van der Waals surface area contributed by atoms with E-state index in [0.29, 0.717) is 6.04 Å². The van der Waals surface area contributed by atoms with Gasteiger partial charge in [-0.05, 0) is 19.3 Å². The molecule has 0 aromatic rings. The van der Waals surface area contributed by atoms with Crippen LogP contribution in [-0.2, 0) is 4.74 Å². The van der Waals surface area contributed by atoms with Crippen molar-refractivity contribution >= 4 is 5.84 Å². The van der Waals surface area contributed by atoms with E-state index in [1.54, 1.807) is 7.11 Å². The highest BCUT2D eigenvalue weighted by Gasteiger charge is 2.33. The van der Waals surface area contributed by atoms with Gasteiger partial charge in [0.05, 0.1) is 12.6 Å². The molecular formula is C10H21N3O. The standard InChI is InChI=1S/C10H21N3O/c1-3-9(10(11)12)13(6-7-14-2)8-4-5-8/h8-9H,3-7H2,1-2H3,(H3,11,12). The summed E-state index contributed by atoms with van der Waals surface area (Å²) in [6.45, 7) is 3.69. The molecule has 0 spiro atoms. The quantitative estimate of drug-likeness (QED) is 0.471. The first kappa shape index (κ1) is 11.5. The van der Waals surface area contributed by atoms with Crippen molar-refractivity contribution < 1.29 is 4.74 Å². The number of rotatable bonds is 7. The van der Waals surface area contributed by atoms with E-state index < -0.39 is 0 Å². The highest BCUT2D eigenvalue weighted by atomic mass is 16.5. The molecule has 0 aliphatic heterocycles. The largest absolute Gasteiger partial charge is 0.386 e. The van der Waals surface area contributed by atoms with Crippen LogP contribution >= 0.6 is 0 Å². The van der Waals surface area contributed by atoms with E-state index in [2.05, 4.69) is 11.8 Å². The van der Waals surface area contributed by atoms with Crippen molar-refractivity contribution in [3.8, 4) is 0 Å². The molecule has 14 heavy (non-hydrogen) atoms. The molecule has 1 rings (SSSR count). The molecule has 1 fully saturated rings. The molecule has 0 amide bonds. The summed E-state index contributed by atoms with van der Waals surface area (Å²) in [5.74, 6) is 0.288. The number of hydrogen-bond donors (Lipinski definition) is 2. The van der Waals surface area contributed by atoms with E-state index >= 15 is 0 Å². The van der Waals surface area contributed by atoms with Crippen LogP contribution in [0.3, 0.4) is 0 Å². The molecule has 4 heteroatoms.